The second kappa shape index (κ2) is 8.58. The molecule has 0 aliphatic carbocycles. The third kappa shape index (κ3) is 4.69. The molecule has 2 aromatic heterocycles. The average molecular weight is 498 g/mol. The first kappa shape index (κ1) is 24.6. The van der Waals surface area contributed by atoms with E-state index in [1.165, 1.54) is 27.6 Å². The molecule has 0 N–H and O–H groups in total. The van der Waals surface area contributed by atoms with E-state index in [1.807, 2.05) is 6.92 Å². The van der Waals surface area contributed by atoms with Crippen molar-refractivity contribution < 1.29 is 31.1 Å². The Kier molecular flexibility index (Phi) is 6.02. The van der Waals surface area contributed by atoms with Gasteiger partial charge in [-0.25, -0.2) is 4.98 Å². The molecule has 1 aliphatic rings. The van der Waals surface area contributed by atoms with E-state index in [2.05, 4.69) is 4.98 Å². The number of pyridine rings is 1. The lowest BCUT2D eigenvalue weighted by Crippen LogP contribution is -2.49. The first-order valence-electron chi connectivity index (χ1n) is 10.7. The molecule has 0 fully saturated rings. The summed E-state index contributed by atoms with van der Waals surface area (Å²) in [5.41, 5.74) is -2.65. The summed E-state index contributed by atoms with van der Waals surface area (Å²) in [6.07, 6.45) is -6.15. The van der Waals surface area contributed by atoms with Crippen LogP contribution in [0.25, 0.3) is 5.69 Å². The molecule has 0 saturated heterocycles. The molecule has 12 heteroatoms. The van der Waals surface area contributed by atoms with Crippen molar-refractivity contribution in [3.8, 4) is 5.69 Å². The molecule has 0 spiro atoms. The Bertz CT molecular complexity index is 1310. The Labute approximate surface area is 195 Å². The fraction of sp³-hybridized carbons (Fsp3) is 0.348. The number of aryl methyl sites for hydroxylation is 1. The highest BCUT2D eigenvalue weighted by molar-refractivity contribution is 5.93. The Balaban J connectivity index is 1.70. The van der Waals surface area contributed by atoms with E-state index >= 15 is 0 Å². The lowest BCUT2D eigenvalue weighted by Gasteiger charge is -2.35. The van der Waals surface area contributed by atoms with E-state index in [9.17, 15) is 35.9 Å². The van der Waals surface area contributed by atoms with E-state index < -0.39 is 47.5 Å². The zero-order valence-electron chi connectivity index (χ0n) is 18.6. The molecule has 3 aromatic rings. The van der Waals surface area contributed by atoms with Crippen LogP contribution in [0.1, 0.15) is 46.7 Å². The number of hydrogen-bond acceptors (Lipinski definition) is 3. The number of aromatic nitrogens is 3. The second-order valence-corrected chi connectivity index (χ2v) is 8.34. The van der Waals surface area contributed by atoms with Crippen molar-refractivity contribution in [1.29, 1.82) is 0 Å². The van der Waals surface area contributed by atoms with Crippen molar-refractivity contribution in [3.63, 3.8) is 0 Å². The molecule has 0 saturated carbocycles. The van der Waals surface area contributed by atoms with Crippen LogP contribution in [-0.2, 0) is 31.9 Å². The van der Waals surface area contributed by atoms with Crippen LogP contribution in [0, 0.1) is 0 Å². The molecule has 4 rings (SSSR count). The molecule has 35 heavy (non-hydrogen) atoms. The summed E-state index contributed by atoms with van der Waals surface area (Å²) in [6, 6.07) is 3.43. The van der Waals surface area contributed by atoms with Crippen LogP contribution in [0.3, 0.4) is 0 Å². The van der Waals surface area contributed by atoms with Gasteiger partial charge in [-0.15, -0.1) is 0 Å². The molecular weight excluding hydrogens is 478 g/mol. The van der Waals surface area contributed by atoms with Crippen LogP contribution in [0.5, 0.6) is 0 Å². The summed E-state index contributed by atoms with van der Waals surface area (Å²) >= 11 is 0. The molecule has 1 unspecified atom stereocenters. The van der Waals surface area contributed by atoms with E-state index in [1.54, 1.807) is 13.1 Å². The standard InChI is InChI=1S/C23H20F6N4O2/c1-3-17-11-31(12-30-17)18-4-5-19-21(35)32(13(2)9-33(19)20(18)34)10-14-6-15(22(24,25)26)8-16(7-14)23(27,28)29/h4-8,11-13H,3,9-10H2,1-2H3. The molecule has 1 aliphatic heterocycles. The average Bonchev–Trinajstić information content (AvgIpc) is 3.25. The Hall–Kier alpha value is -3.57. The van der Waals surface area contributed by atoms with Crippen LogP contribution in [-0.4, -0.2) is 31.0 Å². The van der Waals surface area contributed by atoms with Gasteiger partial charge in [-0.05, 0) is 49.2 Å². The highest BCUT2D eigenvalue weighted by Gasteiger charge is 2.38. The van der Waals surface area contributed by atoms with E-state index in [0.717, 1.165) is 10.6 Å². The van der Waals surface area contributed by atoms with Crippen molar-refractivity contribution in [2.24, 2.45) is 0 Å². The number of amides is 1. The van der Waals surface area contributed by atoms with Gasteiger partial charge >= 0.3 is 12.4 Å². The topological polar surface area (TPSA) is 60.1 Å². The lowest BCUT2D eigenvalue weighted by atomic mass is 10.0. The first-order chi connectivity index (χ1) is 16.3. The fourth-order valence-electron chi connectivity index (χ4n) is 4.05. The van der Waals surface area contributed by atoms with Gasteiger partial charge in [0, 0.05) is 25.3 Å². The highest BCUT2D eigenvalue weighted by atomic mass is 19.4. The predicted octanol–water partition coefficient (Wildman–Crippen LogP) is 4.68. The molecule has 0 radical (unpaired) electrons. The molecule has 3 heterocycles. The number of nitrogens with zero attached hydrogens (tertiary/aromatic N) is 4. The lowest BCUT2D eigenvalue weighted by molar-refractivity contribution is -0.143. The van der Waals surface area contributed by atoms with E-state index in [0.29, 0.717) is 18.6 Å². The van der Waals surface area contributed by atoms with Gasteiger partial charge in [0.1, 0.15) is 11.4 Å². The molecule has 186 valence electrons. The quantitative estimate of drug-likeness (QED) is 0.491. The molecule has 1 atom stereocenters. The van der Waals surface area contributed by atoms with Crippen LogP contribution in [0.2, 0.25) is 0 Å². The van der Waals surface area contributed by atoms with Crippen molar-refractivity contribution in [3.05, 3.63) is 81.3 Å². The minimum Gasteiger partial charge on any atom is -0.329 e. The predicted molar refractivity (Wildman–Crippen MR) is 113 cm³/mol. The number of fused-ring (bicyclic) bond motifs is 1. The van der Waals surface area contributed by atoms with Gasteiger partial charge in [-0.3, -0.25) is 9.59 Å². The number of rotatable bonds is 4. The molecular formula is C23H20F6N4O2. The maximum atomic E-state index is 13.2. The number of carbonyl (C=O) groups excluding carboxylic acids is 1. The summed E-state index contributed by atoms with van der Waals surface area (Å²) in [7, 11) is 0. The van der Waals surface area contributed by atoms with Gasteiger partial charge in [-0.2, -0.15) is 26.3 Å². The maximum Gasteiger partial charge on any atom is 0.416 e. The summed E-state index contributed by atoms with van der Waals surface area (Å²) in [5, 5.41) is 0. The minimum absolute atomic E-state index is 0.00398. The smallest absolute Gasteiger partial charge is 0.329 e. The first-order valence-corrected chi connectivity index (χ1v) is 10.7. The maximum absolute atomic E-state index is 13.2. The van der Waals surface area contributed by atoms with Crippen LogP contribution in [0.15, 0.2) is 47.7 Å². The normalized spacial score (nSPS) is 16.5. The van der Waals surface area contributed by atoms with Crippen LogP contribution in [0.4, 0.5) is 26.3 Å². The Morgan fingerprint density at radius 1 is 1.00 bits per heavy atom. The van der Waals surface area contributed by atoms with Crippen molar-refractivity contribution in [1.82, 2.24) is 19.0 Å². The highest BCUT2D eigenvalue weighted by Crippen LogP contribution is 2.37. The summed E-state index contributed by atoms with van der Waals surface area (Å²) in [5.74, 6) is -0.668. The number of imidazole rings is 1. The summed E-state index contributed by atoms with van der Waals surface area (Å²) in [6.45, 7) is 3.02. The summed E-state index contributed by atoms with van der Waals surface area (Å²) in [4.78, 5) is 31.6. The molecule has 0 bridgehead atoms. The Morgan fingerprint density at radius 2 is 1.63 bits per heavy atom. The van der Waals surface area contributed by atoms with Crippen LogP contribution >= 0.6 is 0 Å². The van der Waals surface area contributed by atoms with Crippen LogP contribution < -0.4 is 5.56 Å². The van der Waals surface area contributed by atoms with Gasteiger partial charge in [0.15, 0.2) is 0 Å². The zero-order chi connectivity index (χ0) is 25.7. The molecule has 6 nitrogen and oxygen atoms in total. The monoisotopic (exact) mass is 498 g/mol. The van der Waals surface area contributed by atoms with Gasteiger partial charge < -0.3 is 14.0 Å². The van der Waals surface area contributed by atoms with Crippen molar-refractivity contribution >= 4 is 5.91 Å². The third-order valence-electron chi connectivity index (χ3n) is 5.89. The molecule has 1 aromatic carbocycles. The summed E-state index contributed by atoms with van der Waals surface area (Å²) < 4.78 is 82.1. The van der Waals surface area contributed by atoms with Gasteiger partial charge in [0.25, 0.3) is 11.5 Å². The number of hydrogen-bond donors (Lipinski definition) is 0. The van der Waals surface area contributed by atoms with Gasteiger partial charge in [0.2, 0.25) is 0 Å². The number of benzene rings is 1. The number of halogens is 6. The van der Waals surface area contributed by atoms with Crippen molar-refractivity contribution in [2.75, 3.05) is 0 Å². The van der Waals surface area contributed by atoms with Crippen molar-refractivity contribution in [2.45, 2.75) is 51.8 Å². The zero-order valence-corrected chi connectivity index (χ0v) is 18.6. The van der Waals surface area contributed by atoms with E-state index in [-0.39, 0.29) is 29.6 Å². The second-order valence-electron chi connectivity index (χ2n) is 8.34. The SMILES string of the molecule is CCc1cn(-c2ccc3n(c2=O)CC(C)N(Cc2cc(C(F)(F)F)cc(C(F)(F)F)c2)C3=O)cn1. The van der Waals surface area contributed by atoms with Gasteiger partial charge in [0.05, 0.1) is 23.1 Å². The number of alkyl halides is 6. The fourth-order valence-corrected chi connectivity index (χ4v) is 4.05. The number of carbonyl (C=O) groups is 1. The van der Waals surface area contributed by atoms with Gasteiger partial charge in [-0.1, -0.05) is 6.92 Å². The third-order valence-corrected chi connectivity index (χ3v) is 5.89. The minimum atomic E-state index is -4.99. The molecule has 1 amide bonds. The Morgan fingerprint density at radius 3 is 2.17 bits per heavy atom. The largest absolute Gasteiger partial charge is 0.416 e. The van der Waals surface area contributed by atoms with E-state index in [4.69, 9.17) is 0 Å².